The van der Waals surface area contributed by atoms with Gasteiger partial charge in [-0.2, -0.15) is 13.2 Å². The van der Waals surface area contributed by atoms with E-state index in [0.717, 1.165) is 18.2 Å². The van der Waals surface area contributed by atoms with Gasteiger partial charge in [0.1, 0.15) is 5.75 Å². The van der Waals surface area contributed by atoms with Crippen LogP contribution in [0.3, 0.4) is 0 Å². The predicted molar refractivity (Wildman–Crippen MR) is 88.1 cm³/mol. The number of phenolic OH excluding ortho intramolecular Hbond substituents is 1. The molecular weight excluding hydrogens is 375 g/mol. The zero-order chi connectivity index (χ0) is 19.5. The van der Waals surface area contributed by atoms with Crippen molar-refractivity contribution in [1.29, 1.82) is 0 Å². The number of halogens is 4. The highest BCUT2D eigenvalue weighted by molar-refractivity contribution is 6.33. The number of hydrogen-bond acceptors (Lipinski definition) is 4. The molecule has 0 aliphatic rings. The number of esters is 1. The molecule has 2 aromatic rings. The summed E-state index contributed by atoms with van der Waals surface area (Å²) in [5.74, 6) is -1.90. The van der Waals surface area contributed by atoms with Gasteiger partial charge in [-0.3, -0.25) is 4.79 Å². The third kappa shape index (κ3) is 4.89. The van der Waals surface area contributed by atoms with Crippen LogP contribution in [0.5, 0.6) is 5.75 Å². The third-order valence-electron chi connectivity index (χ3n) is 3.29. The Labute approximate surface area is 151 Å². The van der Waals surface area contributed by atoms with Gasteiger partial charge >= 0.3 is 12.1 Å². The molecule has 0 saturated heterocycles. The van der Waals surface area contributed by atoms with Crippen LogP contribution in [0.2, 0.25) is 5.02 Å². The molecule has 1 atom stereocenters. The van der Waals surface area contributed by atoms with E-state index in [4.69, 9.17) is 16.3 Å². The topological polar surface area (TPSA) is 75.6 Å². The van der Waals surface area contributed by atoms with Gasteiger partial charge in [-0.15, -0.1) is 0 Å². The highest BCUT2D eigenvalue weighted by atomic mass is 35.5. The van der Waals surface area contributed by atoms with Crippen molar-refractivity contribution in [1.82, 2.24) is 0 Å². The molecule has 1 amide bonds. The van der Waals surface area contributed by atoms with E-state index in [-0.39, 0.29) is 22.0 Å². The van der Waals surface area contributed by atoms with Crippen LogP contribution in [-0.2, 0) is 15.7 Å². The smallest absolute Gasteiger partial charge is 0.416 e. The summed E-state index contributed by atoms with van der Waals surface area (Å²) in [5, 5.41) is 11.4. The van der Waals surface area contributed by atoms with Crippen molar-refractivity contribution in [3.63, 3.8) is 0 Å². The fraction of sp³-hybridized carbons (Fsp3) is 0.176. The fourth-order valence-corrected chi connectivity index (χ4v) is 2.11. The normalized spacial score (nSPS) is 12.3. The van der Waals surface area contributed by atoms with Crippen LogP contribution in [-0.4, -0.2) is 23.1 Å². The van der Waals surface area contributed by atoms with Crippen LogP contribution in [0.4, 0.5) is 18.9 Å². The largest absolute Gasteiger partial charge is 0.508 e. The minimum Gasteiger partial charge on any atom is -0.508 e. The Morgan fingerprint density at radius 3 is 2.50 bits per heavy atom. The Morgan fingerprint density at radius 1 is 1.19 bits per heavy atom. The Hall–Kier alpha value is -2.74. The second-order valence-corrected chi connectivity index (χ2v) is 5.69. The molecule has 2 N–H and O–H groups in total. The molecule has 0 aromatic heterocycles. The van der Waals surface area contributed by atoms with E-state index < -0.39 is 29.7 Å². The van der Waals surface area contributed by atoms with Gasteiger partial charge in [0.2, 0.25) is 0 Å². The van der Waals surface area contributed by atoms with Gasteiger partial charge in [-0.05, 0) is 43.3 Å². The quantitative estimate of drug-likeness (QED) is 0.769. The monoisotopic (exact) mass is 387 g/mol. The van der Waals surface area contributed by atoms with Crippen molar-refractivity contribution in [2.45, 2.75) is 19.2 Å². The summed E-state index contributed by atoms with van der Waals surface area (Å²) in [6.07, 6.45) is -5.91. The van der Waals surface area contributed by atoms with E-state index in [1.165, 1.54) is 25.1 Å². The lowest BCUT2D eigenvalue weighted by molar-refractivity contribution is -0.137. The molecule has 0 aliphatic heterocycles. The minimum absolute atomic E-state index is 0.0155. The van der Waals surface area contributed by atoms with E-state index in [0.29, 0.717) is 6.07 Å². The first-order valence-electron chi connectivity index (χ1n) is 7.25. The molecule has 0 radical (unpaired) electrons. The van der Waals surface area contributed by atoms with E-state index in [2.05, 4.69) is 5.32 Å². The van der Waals surface area contributed by atoms with Gasteiger partial charge in [0.25, 0.3) is 5.91 Å². The number of phenols is 1. The maximum Gasteiger partial charge on any atom is 0.416 e. The number of rotatable bonds is 4. The third-order valence-corrected chi connectivity index (χ3v) is 3.62. The lowest BCUT2D eigenvalue weighted by Crippen LogP contribution is -2.30. The van der Waals surface area contributed by atoms with Gasteiger partial charge in [0.05, 0.1) is 21.8 Å². The first-order chi connectivity index (χ1) is 12.1. The summed E-state index contributed by atoms with van der Waals surface area (Å²) in [6, 6.07) is 7.76. The number of benzene rings is 2. The first kappa shape index (κ1) is 19.6. The number of alkyl halides is 3. The van der Waals surface area contributed by atoms with Crippen molar-refractivity contribution in [3.8, 4) is 5.75 Å². The number of carbonyl (C=O) groups is 2. The van der Waals surface area contributed by atoms with Gasteiger partial charge < -0.3 is 15.2 Å². The number of anilines is 1. The van der Waals surface area contributed by atoms with Gasteiger partial charge in [0.15, 0.2) is 6.10 Å². The first-order valence-corrected chi connectivity index (χ1v) is 7.63. The van der Waals surface area contributed by atoms with E-state index in [1.54, 1.807) is 0 Å². The average Bonchev–Trinajstić information content (AvgIpc) is 2.55. The summed E-state index contributed by atoms with van der Waals surface area (Å²) in [5.41, 5.74) is -1.23. The Morgan fingerprint density at radius 2 is 1.88 bits per heavy atom. The van der Waals surface area contributed by atoms with Crippen LogP contribution in [0, 0.1) is 0 Å². The molecule has 5 nitrogen and oxygen atoms in total. The minimum atomic E-state index is -4.60. The van der Waals surface area contributed by atoms with Gasteiger partial charge in [-0.25, -0.2) is 4.79 Å². The number of nitrogens with one attached hydrogen (secondary N) is 1. The molecule has 2 rings (SSSR count). The van der Waals surface area contributed by atoms with Crippen LogP contribution < -0.4 is 5.32 Å². The van der Waals surface area contributed by atoms with Gasteiger partial charge in [0, 0.05) is 0 Å². The summed E-state index contributed by atoms with van der Waals surface area (Å²) in [7, 11) is 0. The molecule has 0 aliphatic carbocycles. The molecule has 26 heavy (non-hydrogen) atoms. The molecular formula is C17H13ClF3NO4. The van der Waals surface area contributed by atoms with Crippen molar-refractivity contribution >= 4 is 29.2 Å². The second kappa shape index (κ2) is 7.65. The number of carbonyl (C=O) groups excluding carboxylic acids is 2. The van der Waals surface area contributed by atoms with E-state index in [9.17, 15) is 27.9 Å². The summed E-state index contributed by atoms with van der Waals surface area (Å²) in [6.45, 7) is 1.25. The molecule has 0 bridgehead atoms. The van der Waals surface area contributed by atoms with Crippen molar-refractivity contribution < 1.29 is 32.6 Å². The van der Waals surface area contributed by atoms with Crippen molar-refractivity contribution in [2.24, 2.45) is 0 Å². The van der Waals surface area contributed by atoms with E-state index >= 15 is 0 Å². The molecule has 0 heterocycles. The van der Waals surface area contributed by atoms with Crippen LogP contribution in [0.1, 0.15) is 22.8 Å². The average molecular weight is 388 g/mol. The summed E-state index contributed by atoms with van der Waals surface area (Å²) in [4.78, 5) is 24.0. The Kier molecular flexibility index (Phi) is 5.76. The predicted octanol–water partition coefficient (Wildman–Crippen LogP) is 4.25. The molecule has 2 aromatic carbocycles. The number of ether oxygens (including phenoxy) is 1. The number of aromatic hydroxyl groups is 1. The maximum atomic E-state index is 12.7. The van der Waals surface area contributed by atoms with E-state index in [1.807, 2.05) is 0 Å². The van der Waals surface area contributed by atoms with Crippen molar-refractivity contribution in [2.75, 3.05) is 5.32 Å². The highest BCUT2D eigenvalue weighted by Crippen LogP contribution is 2.33. The zero-order valence-electron chi connectivity index (χ0n) is 13.3. The standard InChI is InChI=1S/C17H13ClF3NO4/c1-9(26-16(25)10-3-2-4-12(23)7-10)15(24)22-14-8-11(17(19,20)21)5-6-13(14)18/h2-9,23H,1H3,(H,22,24)/t9-/m0/s1. The van der Waals surface area contributed by atoms with Gasteiger partial charge in [-0.1, -0.05) is 17.7 Å². The Balaban J connectivity index is 2.08. The number of amides is 1. The molecule has 0 unspecified atom stereocenters. The molecule has 9 heteroatoms. The van der Waals surface area contributed by atoms with Crippen LogP contribution >= 0.6 is 11.6 Å². The van der Waals surface area contributed by atoms with Crippen LogP contribution in [0.15, 0.2) is 42.5 Å². The SMILES string of the molecule is C[C@H](OC(=O)c1cccc(O)c1)C(=O)Nc1cc(C(F)(F)F)ccc1Cl. The Bertz CT molecular complexity index is 839. The summed E-state index contributed by atoms with van der Waals surface area (Å²) < 4.78 is 43.2. The molecule has 138 valence electrons. The highest BCUT2D eigenvalue weighted by Gasteiger charge is 2.31. The fourth-order valence-electron chi connectivity index (χ4n) is 1.95. The lowest BCUT2D eigenvalue weighted by atomic mass is 10.2. The number of hydrogen-bond donors (Lipinski definition) is 2. The molecule has 0 spiro atoms. The summed E-state index contributed by atoms with van der Waals surface area (Å²) >= 11 is 5.80. The maximum absolute atomic E-state index is 12.7. The van der Waals surface area contributed by atoms with Crippen molar-refractivity contribution in [3.05, 3.63) is 58.6 Å². The molecule has 0 fully saturated rings. The lowest BCUT2D eigenvalue weighted by Gasteiger charge is -2.15. The molecule has 0 saturated carbocycles. The second-order valence-electron chi connectivity index (χ2n) is 5.28. The van der Waals surface area contributed by atoms with Crippen LogP contribution in [0.25, 0.3) is 0 Å². The zero-order valence-corrected chi connectivity index (χ0v) is 14.1.